The highest BCUT2D eigenvalue weighted by Crippen LogP contribution is 2.39. The molecule has 1 aromatic carbocycles. The van der Waals surface area contributed by atoms with E-state index in [9.17, 15) is 9.18 Å². The number of aromatic nitrogens is 6. The van der Waals surface area contributed by atoms with Crippen LogP contribution in [0.5, 0.6) is 0 Å². The molecular formula is C24H24FN7O. The van der Waals surface area contributed by atoms with Crippen LogP contribution in [0.25, 0.3) is 17.2 Å². The van der Waals surface area contributed by atoms with Crippen LogP contribution < -0.4 is 5.32 Å². The molecule has 1 saturated carbocycles. The van der Waals surface area contributed by atoms with Crippen LogP contribution in [0.2, 0.25) is 0 Å². The largest absolute Gasteiger partial charge is 0.310 e. The number of rotatable bonds is 6. The molecule has 0 aliphatic heterocycles. The van der Waals surface area contributed by atoms with Gasteiger partial charge in [-0.25, -0.2) is 14.4 Å². The maximum atomic E-state index is 14.9. The monoisotopic (exact) mass is 452 g/mol. The van der Waals surface area contributed by atoms with Gasteiger partial charge in [0.15, 0.2) is 5.82 Å². The van der Waals surface area contributed by atoms with E-state index in [-0.39, 0.29) is 22.9 Å². The lowest BCUT2D eigenvalue weighted by atomic mass is 10.1. The predicted molar refractivity (Wildman–Crippen MR) is 122 cm³/mol. The number of hydrogen-bond donors (Lipinski definition) is 1. The van der Waals surface area contributed by atoms with E-state index < -0.39 is 31.4 Å². The Kier molecular flexibility index (Phi) is 3.57. The highest BCUT2D eigenvalue weighted by atomic mass is 19.1. The maximum absolute atomic E-state index is 14.9. The molecule has 168 valence electrons. The van der Waals surface area contributed by atoms with Gasteiger partial charge in [-0.1, -0.05) is 6.07 Å². The second-order valence-corrected chi connectivity index (χ2v) is 7.83. The topological polar surface area (TPSA) is 90.5 Å². The van der Waals surface area contributed by atoms with Gasteiger partial charge in [0, 0.05) is 26.4 Å². The van der Waals surface area contributed by atoms with Crippen LogP contribution in [0.3, 0.4) is 0 Å². The van der Waals surface area contributed by atoms with Crippen molar-refractivity contribution in [1.29, 1.82) is 0 Å². The number of halogens is 1. The van der Waals surface area contributed by atoms with Crippen LogP contribution in [0.1, 0.15) is 69.7 Å². The lowest BCUT2D eigenvalue weighted by molar-refractivity contribution is 0.102. The van der Waals surface area contributed by atoms with E-state index in [1.165, 1.54) is 30.3 Å². The Hall–Kier alpha value is -3.88. The molecule has 8 nitrogen and oxygen atoms in total. The minimum absolute atomic E-state index is 0.0458. The molecular weight excluding hydrogens is 421 g/mol. The highest BCUT2D eigenvalue weighted by Gasteiger charge is 2.26. The molecule has 0 saturated heterocycles. The second-order valence-electron chi connectivity index (χ2n) is 7.83. The molecule has 0 unspecified atom stereocenters. The van der Waals surface area contributed by atoms with E-state index in [0.29, 0.717) is 21.7 Å². The van der Waals surface area contributed by atoms with Gasteiger partial charge >= 0.3 is 0 Å². The van der Waals surface area contributed by atoms with E-state index in [4.69, 9.17) is 9.60 Å². The maximum Gasteiger partial charge on any atom is 0.259 e. The number of aryl methyl sites for hydroxylation is 1. The van der Waals surface area contributed by atoms with Crippen LogP contribution in [-0.2, 0) is 0 Å². The van der Waals surface area contributed by atoms with Crippen molar-refractivity contribution in [2.24, 2.45) is 0 Å². The van der Waals surface area contributed by atoms with Crippen molar-refractivity contribution in [3.63, 3.8) is 0 Å². The van der Waals surface area contributed by atoms with Crippen molar-refractivity contribution in [1.82, 2.24) is 29.3 Å². The molecule has 4 aromatic rings. The first-order valence-electron chi connectivity index (χ1n) is 13.7. The molecule has 33 heavy (non-hydrogen) atoms. The van der Waals surface area contributed by atoms with Crippen LogP contribution in [-0.4, -0.2) is 35.2 Å². The third-order valence-electron chi connectivity index (χ3n) is 5.42. The summed E-state index contributed by atoms with van der Waals surface area (Å²) in [6.45, 7) is -4.84. The van der Waals surface area contributed by atoms with Gasteiger partial charge in [0.25, 0.3) is 5.91 Å². The number of hydrogen-bond acceptors (Lipinski definition) is 5. The second kappa shape index (κ2) is 8.23. The van der Waals surface area contributed by atoms with Gasteiger partial charge in [-0.2, -0.15) is 0 Å². The molecule has 0 bridgehead atoms. The minimum Gasteiger partial charge on any atom is -0.310 e. The Morgan fingerprint density at radius 1 is 1.30 bits per heavy atom. The number of benzene rings is 1. The number of pyridine rings is 1. The first kappa shape index (κ1) is 14.3. The van der Waals surface area contributed by atoms with Gasteiger partial charge in [-0.15, -0.1) is 10.2 Å². The summed E-state index contributed by atoms with van der Waals surface area (Å²) in [7, 11) is 0. The van der Waals surface area contributed by atoms with Crippen LogP contribution >= 0.6 is 0 Å². The molecule has 3 heterocycles. The van der Waals surface area contributed by atoms with E-state index in [1.807, 2.05) is 6.20 Å². The molecule has 5 rings (SSSR count). The molecule has 3 aromatic heterocycles. The fourth-order valence-corrected chi connectivity index (χ4v) is 3.56. The fourth-order valence-electron chi connectivity index (χ4n) is 3.56. The normalized spacial score (nSPS) is 17.7. The molecule has 0 radical (unpaired) electrons. The highest BCUT2D eigenvalue weighted by molar-refractivity contribution is 6.04. The minimum atomic E-state index is -3.28. The van der Waals surface area contributed by atoms with E-state index in [2.05, 4.69) is 25.5 Å². The summed E-state index contributed by atoms with van der Waals surface area (Å²) in [4.78, 5) is 21.8. The lowest BCUT2D eigenvalue weighted by Crippen LogP contribution is -2.16. The van der Waals surface area contributed by atoms with Crippen molar-refractivity contribution in [3.8, 4) is 17.2 Å². The SMILES string of the molecule is [2H]C([2H])([2H])C([2H])(n1cnnc1-c1cccc(NC(=O)c2cc(-n3cnc(C4CC4)c3)c(C)cc2F)n1)C([2H])([2H])[2H]. The number of nitrogens with one attached hydrogen (secondary N) is 1. The van der Waals surface area contributed by atoms with Gasteiger partial charge in [0.2, 0.25) is 0 Å². The Balaban J connectivity index is 1.45. The van der Waals surface area contributed by atoms with Gasteiger partial charge in [-0.3, -0.25) is 4.79 Å². The molecule has 1 amide bonds. The predicted octanol–water partition coefficient (Wildman–Crippen LogP) is 4.68. The Morgan fingerprint density at radius 3 is 2.94 bits per heavy atom. The molecule has 1 fully saturated rings. The van der Waals surface area contributed by atoms with Crippen molar-refractivity contribution >= 4 is 11.7 Å². The van der Waals surface area contributed by atoms with Crippen molar-refractivity contribution < 1.29 is 18.8 Å². The molecule has 9 heteroatoms. The zero-order valence-electron chi connectivity index (χ0n) is 24.6. The Labute approximate surface area is 200 Å². The van der Waals surface area contributed by atoms with Crippen molar-refractivity contribution in [3.05, 3.63) is 71.8 Å². The molecule has 1 aliphatic rings. The van der Waals surface area contributed by atoms with Crippen molar-refractivity contribution in [2.45, 2.75) is 45.4 Å². The van der Waals surface area contributed by atoms with Crippen molar-refractivity contribution in [2.75, 3.05) is 5.32 Å². The summed E-state index contributed by atoms with van der Waals surface area (Å²) in [5, 5.41) is 9.92. The number of nitrogens with zero attached hydrogens (tertiary/aromatic N) is 6. The van der Waals surface area contributed by atoms with Crippen LogP contribution in [0.15, 0.2) is 49.2 Å². The zero-order chi connectivity index (χ0) is 29.0. The third-order valence-corrected chi connectivity index (χ3v) is 5.42. The smallest absolute Gasteiger partial charge is 0.259 e. The van der Waals surface area contributed by atoms with Gasteiger partial charge < -0.3 is 14.5 Å². The zero-order valence-corrected chi connectivity index (χ0v) is 17.6. The number of imidazole rings is 1. The summed E-state index contributed by atoms with van der Waals surface area (Å²) < 4.78 is 72.1. The third kappa shape index (κ3) is 4.13. The fraction of sp³-hybridized carbons (Fsp3) is 0.292. The van der Waals surface area contributed by atoms with Gasteiger partial charge in [-0.05, 0) is 63.3 Å². The quantitative estimate of drug-likeness (QED) is 0.459. The first-order chi connectivity index (χ1) is 18.7. The summed E-state index contributed by atoms with van der Waals surface area (Å²) >= 11 is 0. The van der Waals surface area contributed by atoms with E-state index in [0.717, 1.165) is 24.9 Å². The average molecular weight is 453 g/mol. The molecule has 0 spiro atoms. The average Bonchev–Trinajstić information content (AvgIpc) is 3.39. The standard InChI is InChI=1S/C24H24FN7O/c1-14(2)32-13-27-30-23(32)19-5-4-6-22(28-19)29-24(33)17-10-21(15(3)9-18(17)25)31-11-20(26-12-31)16-7-8-16/h4-6,9-14,16H,7-8H2,1-3H3,(H,28,29,33)/i1D3,2D3,14D. The number of amides is 1. The number of carbonyl (C=O) groups is 1. The Bertz CT molecular complexity index is 1580. The lowest BCUT2D eigenvalue weighted by Gasteiger charge is -2.12. The summed E-state index contributed by atoms with van der Waals surface area (Å²) in [5.74, 6) is -1.48. The first-order valence-corrected chi connectivity index (χ1v) is 10.2. The van der Waals surface area contributed by atoms with Crippen LogP contribution in [0, 0.1) is 12.7 Å². The summed E-state index contributed by atoms with van der Waals surface area (Å²) in [6, 6.07) is 3.80. The summed E-state index contributed by atoms with van der Waals surface area (Å²) in [5.41, 5.74) is 1.83. The van der Waals surface area contributed by atoms with Crippen LogP contribution in [0.4, 0.5) is 10.2 Å². The van der Waals surface area contributed by atoms with Gasteiger partial charge in [0.05, 0.1) is 24.6 Å². The number of carbonyl (C=O) groups excluding carboxylic acids is 1. The molecule has 1 N–H and O–H groups in total. The summed E-state index contributed by atoms with van der Waals surface area (Å²) in [6.07, 6.45) is 6.48. The van der Waals surface area contributed by atoms with Gasteiger partial charge in [0.1, 0.15) is 23.7 Å². The molecule has 1 aliphatic carbocycles. The number of anilines is 1. The van der Waals surface area contributed by atoms with E-state index in [1.54, 1.807) is 17.8 Å². The van der Waals surface area contributed by atoms with E-state index >= 15 is 0 Å². The Morgan fingerprint density at radius 2 is 2.15 bits per heavy atom. The molecule has 0 atom stereocenters.